The maximum atomic E-state index is 11.6. The van der Waals surface area contributed by atoms with Gasteiger partial charge in [0.1, 0.15) is 5.60 Å². The summed E-state index contributed by atoms with van der Waals surface area (Å²) in [6.07, 6.45) is 2.04. The Kier molecular flexibility index (Phi) is 6.11. The van der Waals surface area contributed by atoms with E-state index in [1.807, 2.05) is 20.8 Å². The summed E-state index contributed by atoms with van der Waals surface area (Å²) in [6.45, 7) is 14.4. The molecule has 1 aliphatic heterocycles. The van der Waals surface area contributed by atoms with Crippen molar-refractivity contribution >= 4 is 6.09 Å². The van der Waals surface area contributed by atoms with Crippen LogP contribution in [0.3, 0.4) is 0 Å². The number of rotatable bonds is 4. The maximum absolute atomic E-state index is 11.6. The van der Waals surface area contributed by atoms with Gasteiger partial charge in [-0.1, -0.05) is 13.8 Å². The molecule has 1 N–H and O–H groups in total. The highest BCUT2D eigenvalue weighted by Gasteiger charge is 2.21. The molecule has 1 rings (SSSR count). The third-order valence-corrected chi connectivity index (χ3v) is 3.26. The van der Waals surface area contributed by atoms with Crippen LogP contribution in [-0.4, -0.2) is 42.8 Å². The van der Waals surface area contributed by atoms with Gasteiger partial charge in [-0.05, 0) is 58.5 Å². The molecule has 0 radical (unpaired) electrons. The van der Waals surface area contributed by atoms with Crippen molar-refractivity contribution in [2.45, 2.75) is 53.1 Å². The monoisotopic (exact) mass is 270 g/mol. The van der Waals surface area contributed by atoms with Gasteiger partial charge in [-0.15, -0.1) is 0 Å². The van der Waals surface area contributed by atoms with Crippen molar-refractivity contribution in [3.8, 4) is 0 Å². The Labute approximate surface area is 117 Å². The number of nitrogens with one attached hydrogen (secondary N) is 1. The molecular formula is C15H30N2O2. The van der Waals surface area contributed by atoms with E-state index < -0.39 is 5.60 Å². The van der Waals surface area contributed by atoms with Crippen molar-refractivity contribution in [1.82, 2.24) is 10.2 Å². The lowest BCUT2D eigenvalue weighted by molar-refractivity contribution is 0.0509. The molecule has 0 spiro atoms. The molecule has 4 nitrogen and oxygen atoms in total. The van der Waals surface area contributed by atoms with Gasteiger partial charge in [0.15, 0.2) is 0 Å². The molecule has 1 heterocycles. The Balaban J connectivity index is 2.17. The minimum atomic E-state index is -0.412. The summed E-state index contributed by atoms with van der Waals surface area (Å²) in [4.78, 5) is 14.1. The van der Waals surface area contributed by atoms with E-state index in [1.165, 1.54) is 19.4 Å². The van der Waals surface area contributed by atoms with Gasteiger partial charge in [-0.25, -0.2) is 4.79 Å². The van der Waals surface area contributed by atoms with Crippen LogP contribution in [0.25, 0.3) is 0 Å². The Morgan fingerprint density at radius 2 is 1.89 bits per heavy atom. The van der Waals surface area contributed by atoms with Gasteiger partial charge in [-0.2, -0.15) is 0 Å². The highest BCUT2D eigenvalue weighted by atomic mass is 16.6. The molecule has 1 fully saturated rings. The number of piperidine rings is 1. The van der Waals surface area contributed by atoms with E-state index in [-0.39, 0.29) is 6.09 Å². The van der Waals surface area contributed by atoms with Crippen LogP contribution in [0.2, 0.25) is 0 Å². The van der Waals surface area contributed by atoms with E-state index in [0.717, 1.165) is 25.6 Å². The highest BCUT2D eigenvalue weighted by Crippen LogP contribution is 2.17. The molecule has 19 heavy (non-hydrogen) atoms. The quantitative estimate of drug-likeness (QED) is 0.854. The van der Waals surface area contributed by atoms with Crippen molar-refractivity contribution in [3.63, 3.8) is 0 Å². The maximum Gasteiger partial charge on any atom is 0.407 e. The van der Waals surface area contributed by atoms with Gasteiger partial charge in [0, 0.05) is 13.1 Å². The van der Waals surface area contributed by atoms with E-state index in [9.17, 15) is 4.79 Å². The zero-order chi connectivity index (χ0) is 14.5. The number of ether oxygens (including phenoxy) is 1. The van der Waals surface area contributed by atoms with Crippen LogP contribution < -0.4 is 5.32 Å². The largest absolute Gasteiger partial charge is 0.444 e. The summed E-state index contributed by atoms with van der Waals surface area (Å²) in [6, 6.07) is 0. The van der Waals surface area contributed by atoms with E-state index >= 15 is 0 Å². The smallest absolute Gasteiger partial charge is 0.407 e. The Morgan fingerprint density at radius 3 is 2.37 bits per heavy atom. The number of hydrogen-bond acceptors (Lipinski definition) is 3. The first-order valence-electron chi connectivity index (χ1n) is 7.45. The van der Waals surface area contributed by atoms with E-state index in [0.29, 0.717) is 5.92 Å². The number of likely N-dealkylation sites (tertiary alicyclic amines) is 1. The zero-order valence-corrected chi connectivity index (χ0v) is 13.2. The normalized spacial score (nSPS) is 18.6. The number of carbonyl (C=O) groups excluding carboxylic acids is 1. The molecule has 1 amide bonds. The molecule has 0 atom stereocenters. The average molecular weight is 270 g/mol. The number of alkyl carbamates (subject to hydrolysis) is 1. The summed E-state index contributed by atoms with van der Waals surface area (Å²) >= 11 is 0. The fourth-order valence-electron chi connectivity index (χ4n) is 2.43. The summed E-state index contributed by atoms with van der Waals surface area (Å²) < 4.78 is 5.24. The van der Waals surface area contributed by atoms with Gasteiger partial charge < -0.3 is 15.0 Å². The second-order valence-electron chi connectivity index (χ2n) is 7.02. The lowest BCUT2D eigenvalue weighted by Crippen LogP contribution is -2.41. The Bertz CT molecular complexity index is 276. The molecule has 4 heteroatoms. The van der Waals surface area contributed by atoms with E-state index in [4.69, 9.17) is 4.74 Å². The molecule has 0 aliphatic carbocycles. The van der Waals surface area contributed by atoms with Gasteiger partial charge >= 0.3 is 6.09 Å². The van der Waals surface area contributed by atoms with Gasteiger partial charge in [0.05, 0.1) is 0 Å². The molecule has 0 bridgehead atoms. The highest BCUT2D eigenvalue weighted by molar-refractivity contribution is 5.67. The van der Waals surface area contributed by atoms with E-state index in [2.05, 4.69) is 24.1 Å². The Morgan fingerprint density at radius 1 is 1.32 bits per heavy atom. The number of hydrogen-bond donors (Lipinski definition) is 1. The molecule has 0 unspecified atom stereocenters. The summed E-state index contributed by atoms with van der Waals surface area (Å²) in [5.74, 6) is 1.33. The molecule has 0 aromatic rings. The fourth-order valence-corrected chi connectivity index (χ4v) is 2.43. The lowest BCUT2D eigenvalue weighted by Gasteiger charge is -2.33. The van der Waals surface area contributed by atoms with Crippen LogP contribution >= 0.6 is 0 Å². The van der Waals surface area contributed by atoms with Crippen LogP contribution in [0.5, 0.6) is 0 Å². The third-order valence-electron chi connectivity index (χ3n) is 3.26. The summed E-state index contributed by atoms with van der Waals surface area (Å²) in [5, 5.41) is 2.88. The fraction of sp³-hybridized carbons (Fsp3) is 0.933. The van der Waals surface area contributed by atoms with Crippen LogP contribution in [0.15, 0.2) is 0 Å². The summed E-state index contributed by atoms with van der Waals surface area (Å²) in [7, 11) is 0. The molecular weight excluding hydrogens is 240 g/mol. The van der Waals surface area contributed by atoms with Crippen LogP contribution in [0, 0.1) is 11.8 Å². The topological polar surface area (TPSA) is 41.6 Å². The first-order chi connectivity index (χ1) is 8.76. The van der Waals surface area contributed by atoms with Crippen molar-refractivity contribution < 1.29 is 9.53 Å². The molecule has 112 valence electrons. The lowest BCUT2D eigenvalue weighted by atomic mass is 9.96. The van der Waals surface area contributed by atoms with Crippen LogP contribution in [0.4, 0.5) is 4.79 Å². The second kappa shape index (κ2) is 7.13. The molecule has 1 aliphatic rings. The first kappa shape index (κ1) is 16.3. The molecule has 0 aromatic heterocycles. The van der Waals surface area contributed by atoms with Crippen molar-refractivity contribution in [3.05, 3.63) is 0 Å². The molecule has 0 aromatic carbocycles. The Hall–Kier alpha value is -0.770. The van der Waals surface area contributed by atoms with Crippen molar-refractivity contribution in [2.24, 2.45) is 11.8 Å². The van der Waals surface area contributed by atoms with Gasteiger partial charge in [0.25, 0.3) is 0 Å². The van der Waals surface area contributed by atoms with Crippen LogP contribution in [0.1, 0.15) is 47.5 Å². The van der Waals surface area contributed by atoms with Gasteiger partial charge in [0.2, 0.25) is 0 Å². The molecule has 0 saturated carbocycles. The standard InChI is InChI=1S/C15H30N2O2/c1-12(2)11-17-8-6-13(7-9-17)10-16-14(18)19-15(3,4)5/h12-13H,6-11H2,1-5H3,(H,16,18). The third kappa shape index (κ3) is 7.41. The number of carbonyl (C=O) groups is 1. The van der Waals surface area contributed by atoms with Gasteiger partial charge in [-0.3, -0.25) is 0 Å². The number of amides is 1. The average Bonchev–Trinajstić information content (AvgIpc) is 2.25. The minimum Gasteiger partial charge on any atom is -0.444 e. The van der Waals surface area contributed by atoms with E-state index in [1.54, 1.807) is 0 Å². The van der Waals surface area contributed by atoms with Crippen molar-refractivity contribution in [2.75, 3.05) is 26.2 Å². The zero-order valence-electron chi connectivity index (χ0n) is 13.2. The first-order valence-corrected chi connectivity index (χ1v) is 7.45. The predicted octanol–water partition coefficient (Wildman–Crippen LogP) is 2.88. The van der Waals surface area contributed by atoms with Crippen LogP contribution in [-0.2, 0) is 4.74 Å². The minimum absolute atomic E-state index is 0.294. The predicted molar refractivity (Wildman–Crippen MR) is 78.2 cm³/mol. The SMILES string of the molecule is CC(C)CN1CCC(CNC(=O)OC(C)(C)C)CC1. The molecule has 1 saturated heterocycles. The number of nitrogens with zero attached hydrogens (tertiary/aromatic N) is 1. The van der Waals surface area contributed by atoms with Crippen molar-refractivity contribution in [1.29, 1.82) is 0 Å². The summed E-state index contributed by atoms with van der Waals surface area (Å²) in [5.41, 5.74) is -0.412. The second-order valence-corrected chi connectivity index (χ2v) is 7.02.